The molecule has 1 N–H and O–H groups in total. The topological polar surface area (TPSA) is 72.3 Å². The molecule has 0 amide bonds. The number of furan rings is 1. The van der Waals surface area contributed by atoms with Crippen LogP contribution < -0.4 is 0 Å². The number of rotatable bonds is 4. The zero-order valence-corrected chi connectivity index (χ0v) is 14.5. The fraction of sp³-hybridized carbons (Fsp3) is 0.143. The number of H-pyrrole nitrogens is 1. The molecule has 4 rings (SSSR count). The minimum Gasteiger partial charge on any atom is -0.454 e. The Bertz CT molecular complexity index is 1120. The van der Waals surface area contributed by atoms with Gasteiger partial charge >= 0.3 is 5.97 Å². The highest BCUT2D eigenvalue weighted by Gasteiger charge is 2.16. The highest BCUT2D eigenvalue weighted by Crippen LogP contribution is 2.23. The number of aromatic amines is 1. The first-order valence-electron chi connectivity index (χ1n) is 8.31. The van der Waals surface area contributed by atoms with Gasteiger partial charge in [0.25, 0.3) is 0 Å². The van der Waals surface area contributed by atoms with Crippen LogP contribution >= 0.6 is 0 Å². The molecule has 0 aliphatic rings. The molecular formula is C21H17NO4. The van der Waals surface area contributed by atoms with Gasteiger partial charge in [-0.05, 0) is 49.7 Å². The first-order valence-corrected chi connectivity index (χ1v) is 8.31. The second-order valence-corrected chi connectivity index (χ2v) is 6.28. The number of benzene rings is 2. The molecule has 0 fully saturated rings. The average molecular weight is 347 g/mol. The van der Waals surface area contributed by atoms with Crippen LogP contribution in [0, 0.1) is 13.8 Å². The summed E-state index contributed by atoms with van der Waals surface area (Å²) >= 11 is 0. The van der Waals surface area contributed by atoms with Gasteiger partial charge in [-0.15, -0.1) is 0 Å². The first-order chi connectivity index (χ1) is 12.5. The second-order valence-electron chi connectivity index (χ2n) is 6.28. The van der Waals surface area contributed by atoms with Gasteiger partial charge in [0.15, 0.2) is 12.4 Å². The van der Waals surface area contributed by atoms with Crippen LogP contribution in [-0.4, -0.2) is 23.3 Å². The SMILES string of the molecule is Cc1[nH]c2ccc(C(=O)OCC(=O)c3cc4ccccc4o3)cc2c1C. The average Bonchev–Trinajstić information content (AvgIpc) is 3.20. The second kappa shape index (κ2) is 6.19. The minimum atomic E-state index is -0.533. The molecule has 0 radical (unpaired) electrons. The Labute approximate surface area is 149 Å². The van der Waals surface area contributed by atoms with E-state index in [1.54, 1.807) is 24.3 Å². The fourth-order valence-corrected chi connectivity index (χ4v) is 2.99. The fourth-order valence-electron chi connectivity index (χ4n) is 2.99. The maximum absolute atomic E-state index is 12.3. The normalized spacial score (nSPS) is 11.2. The van der Waals surface area contributed by atoms with E-state index in [1.807, 2.05) is 38.1 Å². The van der Waals surface area contributed by atoms with E-state index in [9.17, 15) is 9.59 Å². The summed E-state index contributed by atoms with van der Waals surface area (Å²) in [5.74, 6) is -0.717. The summed E-state index contributed by atoms with van der Waals surface area (Å²) in [6.07, 6.45) is 0. The Hall–Kier alpha value is -3.34. The summed E-state index contributed by atoms with van der Waals surface area (Å²) in [4.78, 5) is 27.8. The number of fused-ring (bicyclic) bond motifs is 2. The van der Waals surface area contributed by atoms with Crippen LogP contribution in [0.3, 0.4) is 0 Å². The minimum absolute atomic E-state index is 0.187. The molecule has 5 heteroatoms. The number of aryl methyl sites for hydroxylation is 2. The zero-order valence-electron chi connectivity index (χ0n) is 14.5. The lowest BCUT2D eigenvalue weighted by molar-refractivity contribution is 0.0468. The Balaban J connectivity index is 1.49. The van der Waals surface area contributed by atoms with Crippen LogP contribution in [0.15, 0.2) is 52.9 Å². The van der Waals surface area contributed by atoms with Crippen molar-refractivity contribution in [3.05, 3.63) is 71.1 Å². The summed E-state index contributed by atoms with van der Waals surface area (Å²) in [5.41, 5.74) is 4.16. The smallest absolute Gasteiger partial charge is 0.338 e. The standard InChI is InChI=1S/C21H17NO4/c1-12-13(2)22-17-8-7-15(9-16(12)17)21(24)25-11-18(23)20-10-14-5-3-4-6-19(14)26-20/h3-10,22H,11H2,1-2H3. The maximum atomic E-state index is 12.3. The van der Waals surface area contributed by atoms with Crippen molar-refractivity contribution in [1.29, 1.82) is 0 Å². The van der Waals surface area contributed by atoms with E-state index >= 15 is 0 Å². The molecule has 26 heavy (non-hydrogen) atoms. The van der Waals surface area contributed by atoms with Crippen LogP contribution in [-0.2, 0) is 4.74 Å². The quantitative estimate of drug-likeness (QED) is 0.433. The van der Waals surface area contributed by atoms with E-state index in [-0.39, 0.29) is 18.2 Å². The van der Waals surface area contributed by atoms with Gasteiger partial charge in [-0.2, -0.15) is 0 Å². The largest absolute Gasteiger partial charge is 0.454 e. The van der Waals surface area contributed by atoms with E-state index in [2.05, 4.69) is 4.98 Å². The highest BCUT2D eigenvalue weighted by atomic mass is 16.5. The molecule has 0 atom stereocenters. The van der Waals surface area contributed by atoms with E-state index in [0.717, 1.165) is 27.5 Å². The van der Waals surface area contributed by atoms with E-state index < -0.39 is 5.97 Å². The van der Waals surface area contributed by atoms with Gasteiger partial charge in [0.2, 0.25) is 5.78 Å². The lowest BCUT2D eigenvalue weighted by atomic mass is 10.1. The molecule has 0 saturated carbocycles. The highest BCUT2D eigenvalue weighted by molar-refractivity contribution is 6.01. The number of para-hydroxylation sites is 1. The van der Waals surface area contributed by atoms with Crippen molar-refractivity contribution >= 4 is 33.6 Å². The van der Waals surface area contributed by atoms with Crippen molar-refractivity contribution in [1.82, 2.24) is 4.98 Å². The number of Topliss-reactive ketones (excluding diaryl/α,β-unsaturated/α-hetero) is 1. The number of hydrogen-bond acceptors (Lipinski definition) is 4. The van der Waals surface area contributed by atoms with E-state index in [4.69, 9.17) is 9.15 Å². The Kier molecular flexibility index (Phi) is 3.84. The summed E-state index contributed by atoms with van der Waals surface area (Å²) in [6.45, 7) is 3.62. The van der Waals surface area contributed by atoms with Gasteiger partial charge in [0.05, 0.1) is 5.56 Å². The molecule has 0 aliphatic heterocycles. The summed E-state index contributed by atoms with van der Waals surface area (Å²) < 4.78 is 10.7. The molecule has 0 bridgehead atoms. The number of ketones is 1. The van der Waals surface area contributed by atoms with Crippen molar-refractivity contribution in [2.24, 2.45) is 0 Å². The third kappa shape index (κ3) is 2.77. The van der Waals surface area contributed by atoms with E-state index in [1.165, 1.54) is 0 Å². The van der Waals surface area contributed by atoms with Crippen LogP contribution in [0.5, 0.6) is 0 Å². The van der Waals surface area contributed by atoms with Crippen molar-refractivity contribution in [3.8, 4) is 0 Å². The number of hydrogen-bond donors (Lipinski definition) is 1. The number of ether oxygens (including phenoxy) is 1. The number of carbonyl (C=O) groups excluding carboxylic acids is 2. The molecule has 0 saturated heterocycles. The molecule has 130 valence electrons. The number of esters is 1. The number of aromatic nitrogens is 1. The van der Waals surface area contributed by atoms with Crippen LogP contribution in [0.25, 0.3) is 21.9 Å². The van der Waals surface area contributed by atoms with Crippen molar-refractivity contribution in [2.45, 2.75) is 13.8 Å². The van der Waals surface area contributed by atoms with Crippen LogP contribution in [0.4, 0.5) is 0 Å². The molecule has 5 nitrogen and oxygen atoms in total. The van der Waals surface area contributed by atoms with Gasteiger partial charge < -0.3 is 14.1 Å². The third-order valence-electron chi connectivity index (χ3n) is 4.58. The van der Waals surface area contributed by atoms with Gasteiger partial charge in [-0.25, -0.2) is 4.79 Å². The summed E-state index contributed by atoms with van der Waals surface area (Å²) in [5, 5.41) is 1.81. The van der Waals surface area contributed by atoms with E-state index in [0.29, 0.717) is 11.1 Å². The number of carbonyl (C=O) groups is 2. The lowest BCUT2D eigenvalue weighted by Crippen LogP contribution is -2.13. The molecule has 4 aromatic rings. The number of nitrogens with one attached hydrogen (secondary N) is 1. The first kappa shape index (κ1) is 16.1. The van der Waals surface area contributed by atoms with Crippen LogP contribution in [0.1, 0.15) is 32.2 Å². The predicted octanol–water partition coefficient (Wildman–Crippen LogP) is 4.57. The van der Waals surface area contributed by atoms with Gasteiger partial charge in [0, 0.05) is 22.0 Å². The molecular weight excluding hydrogens is 330 g/mol. The molecule has 0 unspecified atom stereocenters. The van der Waals surface area contributed by atoms with Crippen molar-refractivity contribution in [3.63, 3.8) is 0 Å². The van der Waals surface area contributed by atoms with Gasteiger partial charge in [-0.1, -0.05) is 18.2 Å². The monoisotopic (exact) mass is 347 g/mol. The van der Waals surface area contributed by atoms with Gasteiger partial charge in [0.1, 0.15) is 5.58 Å². The zero-order chi connectivity index (χ0) is 18.3. The molecule has 0 aliphatic carbocycles. The lowest BCUT2D eigenvalue weighted by Gasteiger charge is -2.03. The molecule has 2 aromatic heterocycles. The third-order valence-corrected chi connectivity index (χ3v) is 4.58. The predicted molar refractivity (Wildman–Crippen MR) is 98.6 cm³/mol. The summed E-state index contributed by atoms with van der Waals surface area (Å²) in [6, 6.07) is 14.3. The molecule has 2 heterocycles. The Morgan fingerprint density at radius 1 is 1.08 bits per heavy atom. The molecule has 2 aromatic carbocycles. The molecule has 0 spiro atoms. The Morgan fingerprint density at radius 3 is 2.69 bits per heavy atom. The maximum Gasteiger partial charge on any atom is 0.338 e. The van der Waals surface area contributed by atoms with Crippen molar-refractivity contribution < 1.29 is 18.7 Å². The van der Waals surface area contributed by atoms with Crippen LogP contribution in [0.2, 0.25) is 0 Å². The Morgan fingerprint density at radius 2 is 1.88 bits per heavy atom. The summed E-state index contributed by atoms with van der Waals surface area (Å²) in [7, 11) is 0. The van der Waals surface area contributed by atoms with Gasteiger partial charge in [-0.3, -0.25) is 4.79 Å². The van der Waals surface area contributed by atoms with Crippen molar-refractivity contribution in [2.75, 3.05) is 6.61 Å².